The van der Waals surface area contributed by atoms with Crippen molar-refractivity contribution < 1.29 is 14.4 Å². The van der Waals surface area contributed by atoms with Crippen LogP contribution in [0.15, 0.2) is 35.5 Å². The Bertz CT molecular complexity index is 904. The Morgan fingerprint density at radius 2 is 1.70 bits per heavy atom. The smallest absolute Gasteiger partial charge is 0.322 e. The Labute approximate surface area is 178 Å². The van der Waals surface area contributed by atoms with Crippen LogP contribution in [0.5, 0.6) is 0 Å². The zero-order valence-corrected chi connectivity index (χ0v) is 18.9. The molecule has 0 bridgehead atoms. The van der Waals surface area contributed by atoms with Crippen LogP contribution in [0.4, 0.5) is 4.79 Å². The van der Waals surface area contributed by atoms with Crippen molar-refractivity contribution in [2.45, 2.75) is 58.5 Å². The van der Waals surface area contributed by atoms with Crippen molar-refractivity contribution in [2.75, 3.05) is 20.1 Å². The number of amides is 4. The van der Waals surface area contributed by atoms with Crippen molar-refractivity contribution in [1.82, 2.24) is 20.4 Å². The first-order valence-corrected chi connectivity index (χ1v) is 10.3. The van der Waals surface area contributed by atoms with Crippen LogP contribution in [0.1, 0.15) is 58.7 Å². The third-order valence-corrected chi connectivity index (χ3v) is 5.39. The predicted octanol–water partition coefficient (Wildman–Crippen LogP) is 2.69. The Morgan fingerprint density at radius 1 is 1.10 bits per heavy atom. The van der Waals surface area contributed by atoms with E-state index in [1.165, 1.54) is 15.4 Å². The molecule has 1 aromatic rings. The molecule has 0 unspecified atom stereocenters. The van der Waals surface area contributed by atoms with Crippen molar-refractivity contribution >= 4 is 17.8 Å². The van der Waals surface area contributed by atoms with Crippen LogP contribution in [-0.4, -0.2) is 53.3 Å². The van der Waals surface area contributed by atoms with Gasteiger partial charge >= 0.3 is 6.03 Å². The largest absolute Gasteiger partial charge is 0.350 e. The molecule has 2 aliphatic heterocycles. The number of nitrogens with zero attached hydrogens (tertiary/aromatic N) is 2. The van der Waals surface area contributed by atoms with Crippen LogP contribution in [0.3, 0.4) is 0 Å². The molecule has 0 spiro atoms. The van der Waals surface area contributed by atoms with Crippen LogP contribution in [-0.2, 0) is 15.0 Å². The van der Waals surface area contributed by atoms with Crippen LogP contribution in [0.25, 0.3) is 0 Å². The number of hydrogen-bond acceptors (Lipinski definition) is 3. The summed E-state index contributed by atoms with van der Waals surface area (Å²) in [4.78, 5) is 41.1. The zero-order chi connectivity index (χ0) is 22.4. The summed E-state index contributed by atoms with van der Waals surface area (Å²) in [5.41, 5.74) is 2.85. The van der Waals surface area contributed by atoms with Gasteiger partial charge in [-0.3, -0.25) is 14.5 Å². The number of hydrogen-bond donors (Lipinski definition) is 2. The summed E-state index contributed by atoms with van der Waals surface area (Å²) >= 11 is 0. The molecule has 1 atom stereocenters. The molecule has 0 saturated heterocycles. The van der Waals surface area contributed by atoms with E-state index in [1.807, 2.05) is 45.0 Å². The number of carbonyl (C=O) groups excluding carboxylic acids is 3. The molecule has 0 radical (unpaired) electrons. The number of benzene rings is 1. The monoisotopic (exact) mass is 412 g/mol. The van der Waals surface area contributed by atoms with Gasteiger partial charge in [0.25, 0.3) is 5.91 Å². The maximum atomic E-state index is 13.2. The van der Waals surface area contributed by atoms with Crippen LogP contribution in [0.2, 0.25) is 0 Å². The van der Waals surface area contributed by atoms with Gasteiger partial charge in [0.05, 0.1) is 23.9 Å². The van der Waals surface area contributed by atoms with E-state index >= 15 is 0 Å². The predicted molar refractivity (Wildman–Crippen MR) is 116 cm³/mol. The molecular weight excluding hydrogens is 380 g/mol. The molecule has 0 saturated carbocycles. The highest BCUT2D eigenvalue weighted by molar-refractivity contribution is 6.03. The van der Waals surface area contributed by atoms with Crippen molar-refractivity contribution in [2.24, 2.45) is 0 Å². The fraction of sp³-hybridized carbons (Fsp3) is 0.522. The molecule has 2 N–H and O–H groups in total. The third kappa shape index (κ3) is 4.35. The third-order valence-electron chi connectivity index (χ3n) is 5.39. The van der Waals surface area contributed by atoms with E-state index in [2.05, 4.69) is 31.4 Å². The standard InChI is InChI=1S/C23H32N4O3/c1-22(2,3)15-10-8-14(9-11-15)19-18-16(26(7)21(30)24-19)12-27(20(18)29)13-17(28)25-23(4,5)6/h8-11,19H,12-13H2,1-7H3,(H,24,30)(H,25,28)/t19-/m0/s1. The number of urea groups is 1. The van der Waals surface area contributed by atoms with Crippen LogP contribution >= 0.6 is 0 Å². The van der Waals surface area contributed by atoms with E-state index in [0.29, 0.717) is 11.3 Å². The molecule has 2 heterocycles. The average molecular weight is 413 g/mol. The molecule has 0 fully saturated rings. The van der Waals surface area contributed by atoms with Crippen molar-refractivity contribution in [3.05, 3.63) is 46.7 Å². The molecule has 30 heavy (non-hydrogen) atoms. The van der Waals surface area contributed by atoms with E-state index in [4.69, 9.17) is 0 Å². The minimum Gasteiger partial charge on any atom is -0.350 e. The van der Waals surface area contributed by atoms with Gasteiger partial charge in [0, 0.05) is 12.6 Å². The van der Waals surface area contributed by atoms with Gasteiger partial charge in [0.15, 0.2) is 0 Å². The van der Waals surface area contributed by atoms with Gasteiger partial charge in [-0.2, -0.15) is 0 Å². The summed E-state index contributed by atoms with van der Waals surface area (Å²) in [5, 5.41) is 5.82. The summed E-state index contributed by atoms with van der Waals surface area (Å²) in [7, 11) is 1.65. The molecule has 4 amide bonds. The van der Waals surface area contributed by atoms with Crippen molar-refractivity contribution in [3.8, 4) is 0 Å². The lowest BCUT2D eigenvalue weighted by molar-refractivity contribution is -0.132. The Balaban J connectivity index is 1.88. The zero-order valence-electron chi connectivity index (χ0n) is 18.9. The summed E-state index contributed by atoms with van der Waals surface area (Å²) in [6, 6.07) is 7.21. The van der Waals surface area contributed by atoms with Crippen molar-refractivity contribution in [3.63, 3.8) is 0 Å². The normalized spacial score (nSPS) is 19.8. The number of nitrogens with one attached hydrogen (secondary N) is 2. The van der Waals surface area contributed by atoms with Crippen molar-refractivity contribution in [1.29, 1.82) is 0 Å². The summed E-state index contributed by atoms with van der Waals surface area (Å²) in [6.07, 6.45) is 0. The SMILES string of the molecule is CN1C(=O)N[C@@H](c2ccc(C(C)(C)C)cc2)C2=C1CN(CC(=O)NC(C)(C)C)C2=O. The van der Waals surface area contributed by atoms with E-state index in [-0.39, 0.29) is 41.9 Å². The van der Waals surface area contributed by atoms with E-state index < -0.39 is 6.04 Å². The van der Waals surface area contributed by atoms with Crippen LogP contribution in [0, 0.1) is 0 Å². The quantitative estimate of drug-likeness (QED) is 0.801. The lowest BCUT2D eigenvalue weighted by Gasteiger charge is -2.31. The summed E-state index contributed by atoms with van der Waals surface area (Å²) in [5.74, 6) is -0.436. The molecule has 0 aromatic heterocycles. The lowest BCUT2D eigenvalue weighted by Crippen LogP contribution is -2.46. The second kappa shape index (κ2) is 7.45. The van der Waals surface area contributed by atoms with E-state index in [1.54, 1.807) is 7.05 Å². The molecule has 0 aliphatic carbocycles. The lowest BCUT2D eigenvalue weighted by atomic mass is 9.85. The number of carbonyl (C=O) groups is 3. The highest BCUT2D eigenvalue weighted by Gasteiger charge is 2.43. The van der Waals surface area contributed by atoms with Gasteiger partial charge in [-0.1, -0.05) is 45.0 Å². The second-order valence-corrected chi connectivity index (χ2v) is 10.1. The first kappa shape index (κ1) is 21.9. The average Bonchev–Trinajstić information content (AvgIpc) is 2.93. The van der Waals surface area contributed by atoms with Gasteiger partial charge in [-0.05, 0) is 37.3 Å². The molecule has 7 heteroatoms. The molecule has 3 rings (SSSR count). The van der Waals surface area contributed by atoms with Crippen LogP contribution < -0.4 is 10.6 Å². The minimum absolute atomic E-state index is 0.0133. The van der Waals surface area contributed by atoms with E-state index in [0.717, 1.165) is 5.56 Å². The minimum atomic E-state index is -0.527. The maximum absolute atomic E-state index is 13.2. The van der Waals surface area contributed by atoms with Gasteiger partial charge in [0.2, 0.25) is 5.91 Å². The number of rotatable bonds is 3. The Kier molecular flexibility index (Phi) is 5.43. The fourth-order valence-electron chi connectivity index (χ4n) is 3.81. The highest BCUT2D eigenvalue weighted by atomic mass is 16.2. The van der Waals surface area contributed by atoms with Gasteiger partial charge < -0.3 is 15.5 Å². The summed E-state index contributed by atoms with van der Waals surface area (Å²) < 4.78 is 0. The first-order valence-electron chi connectivity index (χ1n) is 10.3. The molecule has 2 aliphatic rings. The van der Waals surface area contributed by atoms with Gasteiger partial charge in [-0.15, -0.1) is 0 Å². The fourth-order valence-corrected chi connectivity index (χ4v) is 3.81. The topological polar surface area (TPSA) is 81.8 Å². The van der Waals surface area contributed by atoms with Gasteiger partial charge in [-0.25, -0.2) is 4.79 Å². The Morgan fingerprint density at radius 3 is 2.23 bits per heavy atom. The molecule has 162 valence electrons. The molecule has 1 aromatic carbocycles. The number of likely N-dealkylation sites (N-methyl/N-ethyl adjacent to an activating group) is 1. The first-order chi connectivity index (χ1) is 13.8. The van der Waals surface area contributed by atoms with Gasteiger partial charge in [0.1, 0.15) is 6.54 Å². The van der Waals surface area contributed by atoms with E-state index in [9.17, 15) is 14.4 Å². The highest BCUT2D eigenvalue weighted by Crippen LogP contribution is 2.36. The maximum Gasteiger partial charge on any atom is 0.322 e. The molecule has 7 nitrogen and oxygen atoms in total. The second-order valence-electron chi connectivity index (χ2n) is 10.1. The molecular formula is C23H32N4O3. The summed E-state index contributed by atoms with van der Waals surface area (Å²) in [6.45, 7) is 12.3. The Hall–Kier alpha value is -2.83.